The molecule has 1 amide bonds. The van der Waals surface area contributed by atoms with Crippen molar-refractivity contribution >= 4 is 21.6 Å². The summed E-state index contributed by atoms with van der Waals surface area (Å²) < 4.78 is 38.5. The molecule has 0 saturated carbocycles. The number of rotatable bonds is 9. The zero-order valence-electron chi connectivity index (χ0n) is 15.9. The van der Waals surface area contributed by atoms with Crippen LogP contribution in [-0.2, 0) is 21.4 Å². The van der Waals surface area contributed by atoms with E-state index < -0.39 is 22.5 Å². The summed E-state index contributed by atoms with van der Waals surface area (Å²) in [6.07, 6.45) is 1.51. The van der Waals surface area contributed by atoms with Gasteiger partial charge in [-0.15, -0.1) is 0 Å². The number of carbonyl (C=O) groups excluding carboxylic acids is 1. The molecule has 7 nitrogen and oxygen atoms in total. The third-order valence-electron chi connectivity index (χ3n) is 4.09. The largest absolute Gasteiger partial charge is 0.492 e. The van der Waals surface area contributed by atoms with Gasteiger partial charge in [-0.3, -0.25) is 9.10 Å². The van der Waals surface area contributed by atoms with Gasteiger partial charge in [0.05, 0.1) is 30.0 Å². The molecule has 2 aromatic carbocycles. The van der Waals surface area contributed by atoms with Gasteiger partial charge in [0, 0.05) is 0 Å². The highest BCUT2D eigenvalue weighted by molar-refractivity contribution is 7.92. The molecular formula is C21H22N2O5S. The van der Waals surface area contributed by atoms with E-state index >= 15 is 0 Å². The second kappa shape index (κ2) is 9.29. The number of anilines is 1. The van der Waals surface area contributed by atoms with E-state index in [0.717, 1.165) is 4.31 Å². The normalized spacial score (nSPS) is 11.1. The fourth-order valence-electron chi connectivity index (χ4n) is 2.75. The molecule has 0 saturated heterocycles. The molecule has 0 unspecified atom stereocenters. The van der Waals surface area contributed by atoms with Crippen LogP contribution in [0.4, 0.5) is 5.69 Å². The summed E-state index contributed by atoms with van der Waals surface area (Å²) in [4.78, 5) is 12.7. The summed E-state index contributed by atoms with van der Waals surface area (Å²) >= 11 is 0. The number of hydrogen-bond acceptors (Lipinski definition) is 5. The van der Waals surface area contributed by atoms with Gasteiger partial charge in [0.25, 0.3) is 10.0 Å². The minimum atomic E-state index is -3.99. The number of para-hydroxylation sites is 2. The highest BCUT2D eigenvalue weighted by Crippen LogP contribution is 2.32. The van der Waals surface area contributed by atoms with Gasteiger partial charge in [-0.05, 0) is 43.3 Å². The standard InChI is InChI=1S/C21H22N2O5S/c1-2-27-20-13-7-6-12-19(20)23(29(25,26)18-10-4-3-5-11-18)16-21(24)22-15-17-9-8-14-28-17/h3-14H,2,15-16H2,1H3,(H,22,24). The number of amides is 1. The van der Waals surface area contributed by atoms with Gasteiger partial charge in [-0.1, -0.05) is 30.3 Å². The first-order chi connectivity index (χ1) is 14.0. The predicted molar refractivity (Wildman–Crippen MR) is 109 cm³/mol. The molecule has 8 heteroatoms. The Labute approximate surface area is 170 Å². The van der Waals surface area contributed by atoms with Gasteiger partial charge >= 0.3 is 0 Å². The molecule has 1 aromatic heterocycles. The van der Waals surface area contributed by atoms with Crippen LogP contribution in [0.2, 0.25) is 0 Å². The smallest absolute Gasteiger partial charge is 0.264 e. The van der Waals surface area contributed by atoms with Crippen LogP contribution in [0.15, 0.2) is 82.3 Å². The molecule has 0 bridgehead atoms. The number of ether oxygens (including phenoxy) is 1. The summed E-state index contributed by atoms with van der Waals surface area (Å²) in [5.41, 5.74) is 0.298. The molecule has 1 N–H and O–H groups in total. The number of furan rings is 1. The zero-order valence-corrected chi connectivity index (χ0v) is 16.8. The first kappa shape index (κ1) is 20.5. The Morgan fingerprint density at radius 1 is 1.03 bits per heavy atom. The molecule has 0 aliphatic rings. The molecule has 1 heterocycles. The minimum absolute atomic E-state index is 0.0881. The van der Waals surface area contributed by atoms with E-state index in [9.17, 15) is 13.2 Å². The van der Waals surface area contributed by atoms with Gasteiger partial charge in [0.1, 0.15) is 18.1 Å². The van der Waals surface area contributed by atoms with Crippen LogP contribution in [0, 0.1) is 0 Å². The summed E-state index contributed by atoms with van der Waals surface area (Å²) in [5, 5.41) is 2.68. The Morgan fingerprint density at radius 3 is 2.45 bits per heavy atom. The number of nitrogens with one attached hydrogen (secondary N) is 1. The fourth-order valence-corrected chi connectivity index (χ4v) is 4.20. The van der Waals surface area contributed by atoms with Crippen molar-refractivity contribution in [3.8, 4) is 5.75 Å². The lowest BCUT2D eigenvalue weighted by molar-refractivity contribution is -0.119. The van der Waals surface area contributed by atoms with Crippen molar-refractivity contribution in [2.45, 2.75) is 18.4 Å². The maximum atomic E-state index is 13.3. The van der Waals surface area contributed by atoms with Crippen LogP contribution in [0.3, 0.4) is 0 Å². The van der Waals surface area contributed by atoms with Crippen molar-refractivity contribution in [2.75, 3.05) is 17.5 Å². The van der Waals surface area contributed by atoms with Gasteiger partial charge in [-0.25, -0.2) is 8.42 Å². The van der Waals surface area contributed by atoms with E-state index in [1.165, 1.54) is 18.4 Å². The van der Waals surface area contributed by atoms with Crippen LogP contribution in [0.5, 0.6) is 5.75 Å². The van der Waals surface area contributed by atoms with Gasteiger partial charge in [-0.2, -0.15) is 0 Å². The fraction of sp³-hybridized carbons (Fsp3) is 0.190. The van der Waals surface area contributed by atoms with E-state index in [-0.39, 0.29) is 11.4 Å². The van der Waals surface area contributed by atoms with Crippen LogP contribution in [0.25, 0.3) is 0 Å². The van der Waals surface area contributed by atoms with Gasteiger partial charge in [0.2, 0.25) is 5.91 Å². The number of carbonyl (C=O) groups is 1. The maximum absolute atomic E-state index is 13.3. The molecule has 29 heavy (non-hydrogen) atoms. The van der Waals surface area contributed by atoms with Crippen LogP contribution in [-0.4, -0.2) is 27.5 Å². The zero-order chi connectivity index (χ0) is 20.7. The summed E-state index contributed by atoms with van der Waals surface area (Å²) in [6, 6.07) is 18.2. The molecule has 0 spiro atoms. The van der Waals surface area contributed by atoms with Crippen LogP contribution >= 0.6 is 0 Å². The molecule has 0 radical (unpaired) electrons. The lowest BCUT2D eigenvalue weighted by atomic mass is 10.3. The third-order valence-corrected chi connectivity index (χ3v) is 5.87. The van der Waals surface area contributed by atoms with Crippen molar-refractivity contribution in [1.82, 2.24) is 5.32 Å². The Kier molecular flexibility index (Phi) is 6.56. The Bertz CT molecular complexity index is 1030. The first-order valence-electron chi connectivity index (χ1n) is 9.11. The minimum Gasteiger partial charge on any atom is -0.492 e. The lowest BCUT2D eigenvalue weighted by Crippen LogP contribution is -2.40. The topological polar surface area (TPSA) is 88.8 Å². The van der Waals surface area contributed by atoms with E-state index in [1.54, 1.807) is 54.6 Å². The summed E-state index contributed by atoms with van der Waals surface area (Å²) in [6.45, 7) is 1.93. The monoisotopic (exact) mass is 414 g/mol. The van der Waals surface area contributed by atoms with Gasteiger partial charge in [0.15, 0.2) is 0 Å². The Hall–Kier alpha value is -3.26. The predicted octanol–water partition coefficient (Wildman–Crippen LogP) is 3.19. The second-order valence-corrected chi connectivity index (χ2v) is 7.94. The SMILES string of the molecule is CCOc1ccccc1N(CC(=O)NCc1ccco1)S(=O)(=O)c1ccccc1. The molecule has 0 fully saturated rings. The van der Waals surface area contributed by atoms with Crippen molar-refractivity contribution in [3.63, 3.8) is 0 Å². The average Bonchev–Trinajstić information content (AvgIpc) is 3.26. The van der Waals surface area contributed by atoms with E-state index in [2.05, 4.69) is 5.32 Å². The molecule has 3 aromatic rings. The van der Waals surface area contributed by atoms with Crippen LogP contribution < -0.4 is 14.4 Å². The highest BCUT2D eigenvalue weighted by Gasteiger charge is 2.29. The Morgan fingerprint density at radius 2 is 1.76 bits per heavy atom. The van der Waals surface area contributed by atoms with Crippen molar-refractivity contribution in [3.05, 3.63) is 78.8 Å². The van der Waals surface area contributed by atoms with E-state index in [4.69, 9.17) is 9.15 Å². The third kappa shape index (κ3) is 4.97. The van der Waals surface area contributed by atoms with Gasteiger partial charge < -0.3 is 14.5 Å². The molecule has 0 atom stereocenters. The summed E-state index contributed by atoms with van der Waals surface area (Å²) in [5.74, 6) is 0.492. The number of sulfonamides is 1. The Balaban J connectivity index is 1.93. The average molecular weight is 414 g/mol. The quantitative estimate of drug-likeness (QED) is 0.581. The molecular weight excluding hydrogens is 392 g/mol. The lowest BCUT2D eigenvalue weighted by Gasteiger charge is -2.25. The van der Waals surface area contributed by atoms with E-state index in [0.29, 0.717) is 23.8 Å². The second-order valence-electron chi connectivity index (χ2n) is 6.08. The van der Waals surface area contributed by atoms with Crippen molar-refractivity contribution < 1.29 is 22.4 Å². The molecule has 3 rings (SSSR count). The number of benzene rings is 2. The molecule has 152 valence electrons. The first-order valence-corrected chi connectivity index (χ1v) is 10.5. The number of hydrogen-bond donors (Lipinski definition) is 1. The highest BCUT2D eigenvalue weighted by atomic mass is 32.2. The van der Waals surface area contributed by atoms with E-state index in [1.807, 2.05) is 6.92 Å². The van der Waals surface area contributed by atoms with Crippen LogP contribution in [0.1, 0.15) is 12.7 Å². The molecule has 0 aliphatic carbocycles. The summed E-state index contributed by atoms with van der Waals surface area (Å²) in [7, 11) is -3.99. The number of nitrogens with zero attached hydrogens (tertiary/aromatic N) is 1. The van der Waals surface area contributed by atoms with Crippen molar-refractivity contribution in [1.29, 1.82) is 0 Å². The maximum Gasteiger partial charge on any atom is 0.264 e. The molecule has 0 aliphatic heterocycles. The van der Waals surface area contributed by atoms with Crippen molar-refractivity contribution in [2.24, 2.45) is 0 Å².